The maximum Gasteiger partial charge on any atom is 0.490 e. The van der Waals surface area contributed by atoms with E-state index >= 15 is 0 Å². The zero-order valence-electron chi connectivity index (χ0n) is 26.8. The standard InChI is InChI=1S/C34H36N4O5.C2HF3O2/c39-28-18-12-24(13-19-28)22-30(37-32(40)11-5-7-21-36-31-10-4-6-20-35-31)34(43)38-29(23-33(41)42)27-16-14-26(15-17-27)25-8-2-1-3-9-25;3-2(4,5)1(6)7/h1-4,6,8-10,12-20,29-30,39H,5,7,11,21-23H2,(H,35,36)(H,37,40)(H,38,43)(H,41,42);(H,6,7)/t29?,30-;/m0./s1. The van der Waals surface area contributed by atoms with Crippen LogP contribution in [0.1, 0.15) is 42.9 Å². The molecular formula is C36H37F3N4O7. The lowest BCUT2D eigenvalue weighted by Crippen LogP contribution is -2.49. The number of benzene rings is 3. The van der Waals surface area contributed by atoms with Gasteiger partial charge in [-0.15, -0.1) is 0 Å². The first-order valence-electron chi connectivity index (χ1n) is 15.5. The van der Waals surface area contributed by atoms with Gasteiger partial charge in [-0.2, -0.15) is 13.2 Å². The van der Waals surface area contributed by atoms with Crippen LogP contribution in [0.15, 0.2) is 103 Å². The van der Waals surface area contributed by atoms with E-state index in [9.17, 15) is 37.8 Å². The molecule has 2 atom stereocenters. The third-order valence-electron chi connectivity index (χ3n) is 7.19. The highest BCUT2D eigenvalue weighted by Gasteiger charge is 2.38. The Balaban J connectivity index is 0.000000872. The summed E-state index contributed by atoms with van der Waals surface area (Å²) in [5.74, 6) is -3.73. The Morgan fingerprint density at radius 1 is 0.760 bits per heavy atom. The number of nitrogens with one attached hydrogen (secondary N) is 3. The lowest BCUT2D eigenvalue weighted by Gasteiger charge is -2.23. The molecule has 0 saturated carbocycles. The van der Waals surface area contributed by atoms with Crippen LogP contribution in [0, 0.1) is 0 Å². The van der Waals surface area contributed by atoms with Crippen molar-refractivity contribution in [3.63, 3.8) is 0 Å². The molecule has 3 aromatic carbocycles. The number of hydrogen-bond acceptors (Lipinski definition) is 7. The molecule has 6 N–H and O–H groups in total. The normalized spacial score (nSPS) is 12.0. The second-order valence-corrected chi connectivity index (χ2v) is 11.0. The van der Waals surface area contributed by atoms with E-state index in [-0.39, 0.29) is 30.9 Å². The number of rotatable bonds is 15. The number of unbranched alkanes of at least 4 members (excludes halogenated alkanes) is 1. The molecule has 0 fully saturated rings. The van der Waals surface area contributed by atoms with Gasteiger partial charge in [-0.1, -0.05) is 72.8 Å². The van der Waals surface area contributed by atoms with Crippen LogP contribution in [-0.4, -0.2) is 62.8 Å². The largest absolute Gasteiger partial charge is 0.508 e. The third kappa shape index (κ3) is 13.7. The number of amides is 2. The first-order chi connectivity index (χ1) is 23.8. The van der Waals surface area contributed by atoms with Crippen molar-refractivity contribution in [1.29, 1.82) is 0 Å². The van der Waals surface area contributed by atoms with Gasteiger partial charge in [0.05, 0.1) is 12.5 Å². The van der Waals surface area contributed by atoms with E-state index in [2.05, 4.69) is 20.9 Å². The molecule has 0 aliphatic rings. The van der Waals surface area contributed by atoms with E-state index in [0.717, 1.165) is 28.9 Å². The summed E-state index contributed by atoms with van der Waals surface area (Å²) in [6, 6.07) is 27.5. The van der Waals surface area contributed by atoms with E-state index in [1.807, 2.05) is 72.8 Å². The number of nitrogens with zero attached hydrogens (tertiary/aromatic N) is 1. The van der Waals surface area contributed by atoms with Crippen LogP contribution < -0.4 is 16.0 Å². The number of alkyl halides is 3. The van der Waals surface area contributed by atoms with E-state index in [1.54, 1.807) is 18.3 Å². The lowest BCUT2D eigenvalue weighted by molar-refractivity contribution is -0.192. The molecule has 0 aliphatic heterocycles. The van der Waals surface area contributed by atoms with Crippen molar-refractivity contribution in [1.82, 2.24) is 15.6 Å². The number of phenols is 1. The summed E-state index contributed by atoms with van der Waals surface area (Å²) in [6.45, 7) is 0.654. The summed E-state index contributed by atoms with van der Waals surface area (Å²) in [5.41, 5.74) is 3.37. The average Bonchev–Trinajstić information content (AvgIpc) is 3.09. The van der Waals surface area contributed by atoms with Crippen molar-refractivity contribution in [3.05, 3.63) is 114 Å². The van der Waals surface area contributed by atoms with Crippen molar-refractivity contribution < 1.29 is 47.7 Å². The molecule has 4 rings (SSSR count). The van der Waals surface area contributed by atoms with E-state index < -0.39 is 36.1 Å². The number of halogens is 3. The Morgan fingerprint density at radius 2 is 1.38 bits per heavy atom. The number of carboxylic acids is 2. The van der Waals surface area contributed by atoms with Gasteiger partial charge in [0.2, 0.25) is 11.8 Å². The Kier molecular flexibility index (Phi) is 14.8. The quantitative estimate of drug-likeness (QED) is 0.0849. The van der Waals surface area contributed by atoms with Crippen molar-refractivity contribution in [2.45, 2.75) is 50.4 Å². The minimum absolute atomic E-state index is 0.0913. The predicted molar refractivity (Wildman–Crippen MR) is 179 cm³/mol. The second kappa shape index (κ2) is 19.2. The molecule has 0 aliphatic carbocycles. The summed E-state index contributed by atoms with van der Waals surface area (Å²) in [5, 5.41) is 35.3. The molecule has 1 aromatic heterocycles. The van der Waals surface area contributed by atoms with Crippen LogP contribution in [-0.2, 0) is 25.6 Å². The van der Waals surface area contributed by atoms with Gasteiger partial charge in [-0.05, 0) is 59.4 Å². The van der Waals surface area contributed by atoms with Crippen LogP contribution in [0.25, 0.3) is 11.1 Å². The number of carbonyl (C=O) groups excluding carboxylic acids is 2. The Morgan fingerprint density at radius 3 is 1.96 bits per heavy atom. The second-order valence-electron chi connectivity index (χ2n) is 11.0. The van der Waals surface area contributed by atoms with Crippen LogP contribution in [0.4, 0.5) is 19.0 Å². The molecule has 1 unspecified atom stereocenters. The number of carbonyl (C=O) groups is 4. The van der Waals surface area contributed by atoms with Gasteiger partial charge in [-0.25, -0.2) is 9.78 Å². The minimum Gasteiger partial charge on any atom is -0.508 e. The number of aromatic nitrogens is 1. The molecule has 0 spiro atoms. The number of hydrogen-bond donors (Lipinski definition) is 6. The molecule has 0 bridgehead atoms. The number of phenolic OH excluding ortho intramolecular Hbond substituents is 1. The van der Waals surface area contributed by atoms with Crippen molar-refractivity contribution in [3.8, 4) is 16.9 Å². The van der Waals surface area contributed by atoms with Crippen LogP contribution in [0.5, 0.6) is 5.75 Å². The molecule has 0 radical (unpaired) electrons. The number of aliphatic carboxylic acids is 2. The summed E-state index contributed by atoms with van der Waals surface area (Å²) in [6.07, 6.45) is -1.96. The Labute approximate surface area is 286 Å². The molecule has 11 nitrogen and oxygen atoms in total. The van der Waals surface area contributed by atoms with Crippen LogP contribution >= 0.6 is 0 Å². The minimum atomic E-state index is -5.08. The van der Waals surface area contributed by atoms with Gasteiger partial charge in [0.1, 0.15) is 17.6 Å². The van der Waals surface area contributed by atoms with Crippen molar-refractivity contribution in [2.24, 2.45) is 0 Å². The Bertz CT molecular complexity index is 1670. The smallest absolute Gasteiger partial charge is 0.490 e. The summed E-state index contributed by atoms with van der Waals surface area (Å²) >= 11 is 0. The van der Waals surface area contributed by atoms with E-state index in [1.165, 1.54) is 12.1 Å². The number of pyridine rings is 1. The topological polar surface area (TPSA) is 178 Å². The fourth-order valence-electron chi connectivity index (χ4n) is 4.68. The first kappa shape index (κ1) is 38.5. The van der Waals surface area contributed by atoms with Gasteiger partial charge >= 0.3 is 18.1 Å². The molecule has 50 heavy (non-hydrogen) atoms. The zero-order valence-corrected chi connectivity index (χ0v) is 26.8. The molecule has 264 valence electrons. The first-order valence-corrected chi connectivity index (χ1v) is 15.5. The van der Waals surface area contributed by atoms with Gasteiger partial charge in [-0.3, -0.25) is 14.4 Å². The summed E-state index contributed by atoms with van der Waals surface area (Å²) < 4.78 is 31.7. The van der Waals surface area contributed by atoms with Gasteiger partial charge in [0.25, 0.3) is 0 Å². The highest BCUT2D eigenvalue weighted by Crippen LogP contribution is 2.24. The molecule has 0 saturated heterocycles. The monoisotopic (exact) mass is 694 g/mol. The van der Waals surface area contributed by atoms with Gasteiger partial charge in [0.15, 0.2) is 0 Å². The van der Waals surface area contributed by atoms with Crippen molar-refractivity contribution in [2.75, 3.05) is 11.9 Å². The maximum atomic E-state index is 13.6. The number of carboxylic acid groups (broad SMARTS) is 2. The zero-order chi connectivity index (χ0) is 36.5. The van der Waals surface area contributed by atoms with Crippen LogP contribution in [0.2, 0.25) is 0 Å². The number of anilines is 1. The van der Waals surface area contributed by atoms with Crippen LogP contribution in [0.3, 0.4) is 0 Å². The SMILES string of the molecule is O=C(O)C(F)(F)F.O=C(O)CC(NC(=O)[C@H](Cc1ccc(O)cc1)NC(=O)CCCCNc1ccccn1)c1ccc(-c2ccccc2)cc1. The summed E-state index contributed by atoms with van der Waals surface area (Å²) in [7, 11) is 0. The maximum absolute atomic E-state index is 13.6. The van der Waals surface area contributed by atoms with E-state index in [0.29, 0.717) is 18.5 Å². The van der Waals surface area contributed by atoms with Gasteiger partial charge in [0, 0.05) is 25.6 Å². The summed E-state index contributed by atoms with van der Waals surface area (Å²) in [4.78, 5) is 51.3. The fraction of sp³-hybridized carbons (Fsp3) is 0.250. The lowest BCUT2D eigenvalue weighted by atomic mass is 9.98. The number of aromatic hydroxyl groups is 1. The van der Waals surface area contributed by atoms with Crippen molar-refractivity contribution >= 4 is 29.6 Å². The molecule has 4 aromatic rings. The predicted octanol–water partition coefficient (Wildman–Crippen LogP) is 5.73. The Hall–Kier alpha value is -5.92. The molecular weight excluding hydrogens is 657 g/mol. The molecule has 1 heterocycles. The fourth-order valence-corrected chi connectivity index (χ4v) is 4.68. The third-order valence-corrected chi connectivity index (χ3v) is 7.19. The highest BCUT2D eigenvalue weighted by molar-refractivity contribution is 5.88. The molecule has 2 amide bonds. The average molecular weight is 695 g/mol. The highest BCUT2D eigenvalue weighted by atomic mass is 19.4. The van der Waals surface area contributed by atoms with E-state index in [4.69, 9.17) is 9.90 Å². The van der Waals surface area contributed by atoms with Gasteiger partial charge < -0.3 is 31.3 Å². The molecule has 14 heteroatoms.